The molecule has 9 heteroatoms. The maximum Gasteiger partial charge on any atom is 0.245 e. The molecule has 6 nitrogen and oxygen atoms in total. The summed E-state index contributed by atoms with van der Waals surface area (Å²) in [6, 6.07) is 6.97. The van der Waals surface area contributed by atoms with Crippen molar-refractivity contribution >= 4 is 38.8 Å². The number of halogens is 2. The van der Waals surface area contributed by atoms with Gasteiger partial charge in [-0.3, -0.25) is 9.59 Å². The molecule has 0 aliphatic carbocycles. The molecule has 30 heavy (non-hydrogen) atoms. The van der Waals surface area contributed by atoms with Gasteiger partial charge in [-0.05, 0) is 41.8 Å². The van der Waals surface area contributed by atoms with Gasteiger partial charge in [-0.2, -0.15) is 0 Å². The first kappa shape index (κ1) is 22.4. The predicted octanol–water partition coefficient (Wildman–Crippen LogP) is 3.36. The van der Waals surface area contributed by atoms with Crippen LogP contribution in [0.3, 0.4) is 0 Å². The molecule has 0 radical (unpaired) electrons. The number of fused-ring (bicyclic) bond motifs is 1. The molecule has 1 atom stereocenters. The van der Waals surface area contributed by atoms with Gasteiger partial charge in [0, 0.05) is 12.0 Å². The van der Waals surface area contributed by atoms with Crippen molar-refractivity contribution in [2.24, 2.45) is 11.7 Å². The molecule has 0 spiro atoms. The first-order valence-electron chi connectivity index (χ1n) is 9.40. The Balaban J connectivity index is 2.13. The SMILES string of the molecule is CC(C)CC(=O)c1ccc2c(c1)N(Cc1ccc(Cl)c(F)c1)C(=O)[C@@H](N)CS2(=O)=O. The maximum absolute atomic E-state index is 13.9. The number of carbonyl (C=O) groups is 2. The third-order valence-electron chi connectivity index (χ3n) is 4.81. The molecule has 160 valence electrons. The van der Waals surface area contributed by atoms with Crippen LogP contribution in [0.25, 0.3) is 0 Å². The van der Waals surface area contributed by atoms with E-state index in [0.29, 0.717) is 11.1 Å². The van der Waals surface area contributed by atoms with Crippen LogP contribution in [0.2, 0.25) is 5.02 Å². The number of amides is 1. The number of sulfone groups is 1. The van der Waals surface area contributed by atoms with Crippen LogP contribution in [-0.4, -0.2) is 31.9 Å². The van der Waals surface area contributed by atoms with Crippen LogP contribution in [0.4, 0.5) is 10.1 Å². The van der Waals surface area contributed by atoms with Gasteiger partial charge in [-0.1, -0.05) is 31.5 Å². The Kier molecular flexibility index (Phi) is 6.31. The summed E-state index contributed by atoms with van der Waals surface area (Å²) in [7, 11) is -3.86. The largest absolute Gasteiger partial charge is 0.319 e. The molecular formula is C21H22ClFN2O4S. The fraction of sp³-hybridized carbons (Fsp3) is 0.333. The number of nitrogens with two attached hydrogens (primary N) is 1. The summed E-state index contributed by atoms with van der Waals surface area (Å²) in [5.41, 5.74) is 6.63. The molecule has 0 aromatic heterocycles. The zero-order chi connectivity index (χ0) is 22.2. The summed E-state index contributed by atoms with van der Waals surface area (Å²) >= 11 is 5.72. The molecule has 0 saturated carbocycles. The highest BCUT2D eigenvalue weighted by Gasteiger charge is 2.36. The van der Waals surface area contributed by atoms with Crippen molar-refractivity contribution < 1.29 is 22.4 Å². The monoisotopic (exact) mass is 452 g/mol. The van der Waals surface area contributed by atoms with Crippen molar-refractivity contribution in [3.63, 3.8) is 0 Å². The van der Waals surface area contributed by atoms with Gasteiger partial charge in [0.05, 0.1) is 33.9 Å². The summed E-state index contributed by atoms with van der Waals surface area (Å²) in [5.74, 6) is -1.88. The molecule has 3 rings (SSSR count). The molecular weight excluding hydrogens is 431 g/mol. The Morgan fingerprint density at radius 3 is 2.60 bits per heavy atom. The second-order valence-corrected chi connectivity index (χ2v) is 10.2. The molecule has 1 amide bonds. The number of anilines is 1. The third-order valence-corrected chi connectivity index (χ3v) is 6.93. The van der Waals surface area contributed by atoms with E-state index >= 15 is 0 Å². The lowest BCUT2D eigenvalue weighted by atomic mass is 10.0. The minimum absolute atomic E-state index is 0.0674. The number of benzene rings is 2. The van der Waals surface area contributed by atoms with Crippen molar-refractivity contribution in [2.45, 2.75) is 37.8 Å². The fourth-order valence-corrected chi connectivity index (χ4v) is 5.03. The first-order valence-corrected chi connectivity index (χ1v) is 11.4. The van der Waals surface area contributed by atoms with Gasteiger partial charge in [-0.25, -0.2) is 12.8 Å². The van der Waals surface area contributed by atoms with Gasteiger partial charge in [0.25, 0.3) is 0 Å². The molecule has 1 aliphatic heterocycles. The van der Waals surface area contributed by atoms with Crippen molar-refractivity contribution in [3.05, 3.63) is 58.4 Å². The van der Waals surface area contributed by atoms with Crippen LogP contribution in [0.1, 0.15) is 36.2 Å². The van der Waals surface area contributed by atoms with Crippen LogP contribution in [0.5, 0.6) is 0 Å². The van der Waals surface area contributed by atoms with E-state index in [2.05, 4.69) is 0 Å². The molecule has 0 saturated heterocycles. The second-order valence-electron chi connectivity index (χ2n) is 7.76. The quantitative estimate of drug-likeness (QED) is 0.701. The van der Waals surface area contributed by atoms with Crippen LogP contribution >= 0.6 is 11.6 Å². The third kappa shape index (κ3) is 4.55. The minimum atomic E-state index is -3.86. The van der Waals surface area contributed by atoms with E-state index < -0.39 is 33.4 Å². The van der Waals surface area contributed by atoms with Gasteiger partial charge in [0.15, 0.2) is 15.6 Å². The van der Waals surface area contributed by atoms with Gasteiger partial charge in [0.2, 0.25) is 5.91 Å². The minimum Gasteiger partial charge on any atom is -0.319 e. The van der Waals surface area contributed by atoms with Gasteiger partial charge >= 0.3 is 0 Å². The molecule has 2 N–H and O–H groups in total. The van der Waals surface area contributed by atoms with E-state index in [4.69, 9.17) is 17.3 Å². The van der Waals surface area contributed by atoms with E-state index in [1.807, 2.05) is 13.8 Å². The van der Waals surface area contributed by atoms with Crippen LogP contribution in [-0.2, 0) is 21.2 Å². The van der Waals surface area contributed by atoms with Crippen molar-refractivity contribution in [3.8, 4) is 0 Å². The summed E-state index contributed by atoms with van der Waals surface area (Å²) in [6.45, 7) is 3.68. The maximum atomic E-state index is 13.9. The highest BCUT2D eigenvalue weighted by atomic mass is 35.5. The topological polar surface area (TPSA) is 97.5 Å². The fourth-order valence-electron chi connectivity index (χ4n) is 3.35. The lowest BCUT2D eigenvalue weighted by Crippen LogP contribution is -2.45. The number of carbonyl (C=O) groups excluding carboxylic acids is 2. The standard InChI is InChI=1S/C21H22ClFN2O4S/c1-12(2)7-19(26)14-4-6-20-18(9-14)25(21(27)17(24)11-30(20,28)29)10-13-3-5-15(22)16(23)8-13/h3-6,8-9,12,17H,7,10-11,24H2,1-2H3/t17-/m0/s1. The molecule has 1 heterocycles. The number of hydrogen-bond donors (Lipinski definition) is 1. The van der Waals surface area contributed by atoms with E-state index in [-0.39, 0.29) is 40.3 Å². The summed E-state index contributed by atoms with van der Waals surface area (Å²) in [5, 5.41) is -0.0674. The number of ketones is 1. The Morgan fingerprint density at radius 1 is 1.27 bits per heavy atom. The van der Waals surface area contributed by atoms with Gasteiger partial charge in [-0.15, -0.1) is 0 Å². The number of nitrogens with zero attached hydrogens (tertiary/aromatic N) is 1. The average molecular weight is 453 g/mol. The Labute approximate surface area is 179 Å². The molecule has 0 fully saturated rings. The second kappa shape index (κ2) is 8.45. The summed E-state index contributed by atoms with van der Waals surface area (Å²) in [4.78, 5) is 26.6. The summed E-state index contributed by atoms with van der Waals surface area (Å²) < 4.78 is 39.5. The van der Waals surface area contributed by atoms with Gasteiger partial charge in [0.1, 0.15) is 5.82 Å². The lowest BCUT2D eigenvalue weighted by Gasteiger charge is -2.24. The average Bonchev–Trinajstić information content (AvgIpc) is 2.72. The zero-order valence-corrected chi connectivity index (χ0v) is 18.1. The number of Topliss-reactive ketones (excluding diaryl/α,β-unsaturated/α-hetero) is 1. The molecule has 0 unspecified atom stereocenters. The van der Waals surface area contributed by atoms with Crippen molar-refractivity contribution in [1.29, 1.82) is 0 Å². The predicted molar refractivity (Wildman–Crippen MR) is 113 cm³/mol. The smallest absolute Gasteiger partial charge is 0.245 e. The van der Waals surface area contributed by atoms with E-state index in [9.17, 15) is 22.4 Å². The Hall–Kier alpha value is -2.29. The highest BCUT2D eigenvalue weighted by molar-refractivity contribution is 7.91. The normalized spacial score (nSPS) is 18.3. The van der Waals surface area contributed by atoms with E-state index in [0.717, 1.165) is 0 Å². The van der Waals surface area contributed by atoms with E-state index in [1.165, 1.54) is 41.3 Å². The molecule has 2 aromatic rings. The van der Waals surface area contributed by atoms with Crippen LogP contribution in [0, 0.1) is 11.7 Å². The first-order chi connectivity index (χ1) is 14.0. The summed E-state index contributed by atoms with van der Waals surface area (Å²) in [6.07, 6.45) is 0.279. The van der Waals surface area contributed by atoms with Crippen molar-refractivity contribution in [1.82, 2.24) is 0 Å². The Morgan fingerprint density at radius 2 is 1.97 bits per heavy atom. The van der Waals surface area contributed by atoms with E-state index in [1.54, 1.807) is 0 Å². The molecule has 1 aliphatic rings. The van der Waals surface area contributed by atoms with Crippen LogP contribution < -0.4 is 10.6 Å². The lowest BCUT2D eigenvalue weighted by molar-refractivity contribution is -0.119. The van der Waals surface area contributed by atoms with Crippen molar-refractivity contribution in [2.75, 3.05) is 10.7 Å². The number of rotatable bonds is 5. The Bertz CT molecular complexity index is 1120. The highest BCUT2D eigenvalue weighted by Crippen LogP contribution is 2.33. The number of hydrogen-bond acceptors (Lipinski definition) is 5. The van der Waals surface area contributed by atoms with Crippen LogP contribution in [0.15, 0.2) is 41.3 Å². The molecule has 0 bridgehead atoms. The molecule has 2 aromatic carbocycles. The zero-order valence-electron chi connectivity index (χ0n) is 16.6. The van der Waals surface area contributed by atoms with Gasteiger partial charge < -0.3 is 10.6 Å².